The number of hydrogen-bond acceptors (Lipinski definition) is 1. The summed E-state index contributed by atoms with van der Waals surface area (Å²) in [5.41, 5.74) is 2.77. The predicted octanol–water partition coefficient (Wildman–Crippen LogP) is 4.83. The van der Waals surface area contributed by atoms with Crippen molar-refractivity contribution in [3.63, 3.8) is 0 Å². The van der Waals surface area contributed by atoms with Gasteiger partial charge in [-0.25, -0.2) is 4.39 Å². The highest BCUT2D eigenvalue weighted by molar-refractivity contribution is 7.10. The Bertz CT molecular complexity index is 504. The van der Waals surface area contributed by atoms with E-state index in [0.29, 0.717) is 5.56 Å². The largest absolute Gasteiger partial charge is 0.207 e. The Morgan fingerprint density at radius 2 is 1.94 bits per heavy atom. The smallest absolute Gasteiger partial charge is 0.126 e. The monoisotopic (exact) mass is 254 g/mol. The van der Waals surface area contributed by atoms with Crippen LogP contribution in [0.3, 0.4) is 0 Å². The van der Waals surface area contributed by atoms with Gasteiger partial charge in [0.1, 0.15) is 5.82 Å². The molecule has 0 nitrogen and oxygen atoms in total. The van der Waals surface area contributed by atoms with Crippen LogP contribution in [0.15, 0.2) is 29.6 Å². The van der Waals surface area contributed by atoms with Crippen LogP contribution in [0.1, 0.15) is 26.9 Å². The first-order valence-corrected chi connectivity index (χ1v) is 6.35. The van der Waals surface area contributed by atoms with Crippen molar-refractivity contribution in [3.8, 4) is 0 Å². The van der Waals surface area contributed by atoms with E-state index in [0.717, 1.165) is 10.4 Å². The summed E-state index contributed by atoms with van der Waals surface area (Å²) in [7, 11) is 0. The molecule has 0 bridgehead atoms. The van der Waals surface area contributed by atoms with Gasteiger partial charge < -0.3 is 0 Å². The number of alkyl halides is 1. The van der Waals surface area contributed by atoms with Gasteiger partial charge in [-0.3, -0.25) is 0 Å². The van der Waals surface area contributed by atoms with Gasteiger partial charge in [0.25, 0.3) is 0 Å². The van der Waals surface area contributed by atoms with E-state index in [-0.39, 0.29) is 11.2 Å². The van der Waals surface area contributed by atoms with Gasteiger partial charge in [-0.2, -0.15) is 0 Å². The van der Waals surface area contributed by atoms with Crippen molar-refractivity contribution >= 4 is 22.9 Å². The second kappa shape index (κ2) is 4.56. The fourth-order valence-corrected chi connectivity index (χ4v) is 3.01. The van der Waals surface area contributed by atoms with Crippen molar-refractivity contribution in [1.29, 1.82) is 0 Å². The highest BCUT2D eigenvalue weighted by Gasteiger charge is 2.15. The van der Waals surface area contributed by atoms with Gasteiger partial charge in [-0.15, -0.1) is 22.9 Å². The molecule has 0 amide bonds. The molecule has 1 aromatic carbocycles. The fraction of sp³-hybridized carbons (Fsp3) is 0.231. The van der Waals surface area contributed by atoms with E-state index in [9.17, 15) is 4.39 Å². The zero-order chi connectivity index (χ0) is 11.7. The molecular weight excluding hydrogens is 243 g/mol. The van der Waals surface area contributed by atoms with Crippen LogP contribution in [-0.2, 0) is 0 Å². The first-order chi connectivity index (χ1) is 7.59. The highest BCUT2D eigenvalue weighted by Crippen LogP contribution is 2.35. The summed E-state index contributed by atoms with van der Waals surface area (Å²) in [6, 6.07) is 7.08. The number of benzene rings is 1. The van der Waals surface area contributed by atoms with E-state index >= 15 is 0 Å². The van der Waals surface area contributed by atoms with Gasteiger partial charge in [0.2, 0.25) is 0 Å². The van der Waals surface area contributed by atoms with Crippen LogP contribution in [0.25, 0.3) is 0 Å². The van der Waals surface area contributed by atoms with Gasteiger partial charge in [0.15, 0.2) is 0 Å². The Balaban J connectivity index is 2.38. The molecule has 1 unspecified atom stereocenters. The third kappa shape index (κ3) is 2.13. The lowest BCUT2D eigenvalue weighted by molar-refractivity contribution is 0.617. The molecule has 0 N–H and O–H groups in total. The molecule has 0 spiro atoms. The normalized spacial score (nSPS) is 12.8. The minimum Gasteiger partial charge on any atom is -0.207 e. The minimum atomic E-state index is -0.185. The summed E-state index contributed by atoms with van der Waals surface area (Å²) in [5.74, 6) is -0.185. The molecule has 1 aromatic heterocycles. The molecule has 0 saturated carbocycles. The lowest BCUT2D eigenvalue weighted by Crippen LogP contribution is -1.94. The Morgan fingerprint density at radius 1 is 1.19 bits per heavy atom. The van der Waals surface area contributed by atoms with Crippen molar-refractivity contribution < 1.29 is 4.39 Å². The second-order valence-corrected chi connectivity index (χ2v) is 5.22. The van der Waals surface area contributed by atoms with E-state index in [1.165, 1.54) is 11.6 Å². The first-order valence-electron chi connectivity index (χ1n) is 5.03. The summed E-state index contributed by atoms with van der Waals surface area (Å²) < 4.78 is 13.1. The molecule has 3 heteroatoms. The van der Waals surface area contributed by atoms with Crippen molar-refractivity contribution in [1.82, 2.24) is 0 Å². The second-order valence-electron chi connectivity index (χ2n) is 3.84. The number of hydrogen-bond donors (Lipinski definition) is 0. The number of aryl methyl sites for hydroxylation is 2. The molecule has 2 rings (SSSR count). The van der Waals surface area contributed by atoms with E-state index in [1.807, 2.05) is 24.4 Å². The van der Waals surface area contributed by atoms with E-state index < -0.39 is 0 Å². The van der Waals surface area contributed by atoms with Crippen LogP contribution in [-0.4, -0.2) is 0 Å². The summed E-state index contributed by atoms with van der Waals surface area (Å²) in [6.45, 7) is 3.79. The SMILES string of the molecule is Cc1cc(C(Cl)c2sccc2C)ccc1F. The lowest BCUT2D eigenvalue weighted by atomic mass is 10.1. The molecule has 2 aromatic rings. The van der Waals surface area contributed by atoms with Crippen LogP contribution in [0.2, 0.25) is 0 Å². The van der Waals surface area contributed by atoms with Crippen molar-refractivity contribution in [3.05, 3.63) is 57.0 Å². The maximum Gasteiger partial charge on any atom is 0.126 e. The average Bonchev–Trinajstić information content (AvgIpc) is 2.67. The maximum absolute atomic E-state index is 13.1. The molecule has 84 valence electrons. The minimum absolute atomic E-state index is 0.181. The Hall–Kier alpha value is -0.860. The standard InChI is InChI=1S/C13H12ClFS/c1-8-5-6-16-13(8)12(14)10-3-4-11(15)9(2)7-10/h3-7,12H,1-2H3. The summed E-state index contributed by atoms with van der Waals surface area (Å²) in [6.07, 6.45) is 0. The summed E-state index contributed by atoms with van der Waals surface area (Å²) >= 11 is 8.03. The zero-order valence-corrected chi connectivity index (χ0v) is 10.7. The van der Waals surface area contributed by atoms with Crippen LogP contribution in [0.5, 0.6) is 0 Å². The molecule has 0 fully saturated rings. The van der Waals surface area contributed by atoms with Crippen molar-refractivity contribution in [2.24, 2.45) is 0 Å². The van der Waals surface area contributed by atoms with Gasteiger partial charge in [0, 0.05) is 4.88 Å². The van der Waals surface area contributed by atoms with Crippen LogP contribution in [0, 0.1) is 19.7 Å². The van der Waals surface area contributed by atoms with Crippen LogP contribution >= 0.6 is 22.9 Å². The molecule has 0 aliphatic rings. The molecule has 1 atom stereocenters. The lowest BCUT2D eigenvalue weighted by Gasteiger charge is -2.10. The molecule has 16 heavy (non-hydrogen) atoms. The predicted molar refractivity (Wildman–Crippen MR) is 67.9 cm³/mol. The van der Waals surface area contributed by atoms with Crippen molar-refractivity contribution in [2.75, 3.05) is 0 Å². The molecule has 0 radical (unpaired) electrons. The Kier molecular flexibility index (Phi) is 3.31. The van der Waals surface area contributed by atoms with Gasteiger partial charge in [0.05, 0.1) is 5.38 Å². The third-order valence-corrected chi connectivity index (χ3v) is 4.29. The van der Waals surface area contributed by atoms with Crippen LogP contribution < -0.4 is 0 Å². The zero-order valence-electron chi connectivity index (χ0n) is 9.13. The maximum atomic E-state index is 13.1. The van der Waals surface area contributed by atoms with E-state index in [1.54, 1.807) is 24.3 Å². The molecule has 1 heterocycles. The quantitative estimate of drug-likeness (QED) is 0.673. The highest BCUT2D eigenvalue weighted by atomic mass is 35.5. The van der Waals surface area contributed by atoms with Crippen molar-refractivity contribution in [2.45, 2.75) is 19.2 Å². The molecule has 0 aliphatic heterocycles. The van der Waals surface area contributed by atoms with Gasteiger partial charge >= 0.3 is 0 Å². The third-order valence-electron chi connectivity index (χ3n) is 2.61. The molecular formula is C13H12ClFS. The number of halogens is 2. The van der Waals surface area contributed by atoms with Gasteiger partial charge in [-0.1, -0.05) is 12.1 Å². The van der Waals surface area contributed by atoms with Gasteiger partial charge in [-0.05, 0) is 48.1 Å². The number of thiophene rings is 1. The average molecular weight is 255 g/mol. The Morgan fingerprint density at radius 3 is 2.50 bits per heavy atom. The summed E-state index contributed by atoms with van der Waals surface area (Å²) in [4.78, 5) is 1.13. The molecule has 0 aliphatic carbocycles. The van der Waals surface area contributed by atoms with Crippen LogP contribution in [0.4, 0.5) is 4.39 Å². The first kappa shape index (κ1) is 11.6. The van der Waals surface area contributed by atoms with E-state index in [2.05, 4.69) is 0 Å². The topological polar surface area (TPSA) is 0 Å². The fourth-order valence-electron chi connectivity index (χ4n) is 1.62. The number of rotatable bonds is 2. The molecule has 0 saturated heterocycles. The summed E-state index contributed by atoms with van der Waals surface area (Å²) in [5, 5.41) is 1.84. The van der Waals surface area contributed by atoms with E-state index in [4.69, 9.17) is 11.6 Å². The Labute approximate surface area is 104 Å².